The minimum absolute atomic E-state index is 0.0355. The lowest BCUT2D eigenvalue weighted by molar-refractivity contribution is -0.384. The molecule has 0 saturated carbocycles. The van der Waals surface area contributed by atoms with Gasteiger partial charge in [0, 0.05) is 30.8 Å². The second kappa shape index (κ2) is 9.11. The number of carbonyl (C=O) groups excluding carboxylic acids is 1. The first-order valence-electron chi connectivity index (χ1n) is 9.58. The molecule has 0 atom stereocenters. The van der Waals surface area contributed by atoms with Crippen molar-refractivity contribution < 1.29 is 9.72 Å². The van der Waals surface area contributed by atoms with Gasteiger partial charge in [-0.25, -0.2) is 4.98 Å². The van der Waals surface area contributed by atoms with Crippen molar-refractivity contribution in [1.82, 2.24) is 9.88 Å². The van der Waals surface area contributed by atoms with E-state index in [1.54, 1.807) is 4.90 Å². The number of nitro groups is 1. The summed E-state index contributed by atoms with van der Waals surface area (Å²) in [7, 11) is 0. The number of benzene rings is 2. The van der Waals surface area contributed by atoms with Crippen LogP contribution in [0.1, 0.15) is 29.8 Å². The van der Waals surface area contributed by atoms with E-state index in [-0.39, 0.29) is 11.6 Å². The zero-order valence-corrected chi connectivity index (χ0v) is 17.6. The molecule has 1 amide bonds. The molecule has 1 heterocycles. The number of nitro benzene ring substituents is 1. The first-order valence-corrected chi connectivity index (χ1v) is 10.4. The molecule has 7 nitrogen and oxygen atoms in total. The number of non-ortho nitro benzene ring substituents is 1. The summed E-state index contributed by atoms with van der Waals surface area (Å²) in [5.74, 6) is -0.206. The number of rotatable bonds is 8. The van der Waals surface area contributed by atoms with Gasteiger partial charge >= 0.3 is 0 Å². The van der Waals surface area contributed by atoms with Crippen molar-refractivity contribution in [2.45, 2.75) is 20.8 Å². The first kappa shape index (κ1) is 20.9. The topological polar surface area (TPSA) is 79.6 Å². The van der Waals surface area contributed by atoms with Gasteiger partial charge in [0.1, 0.15) is 0 Å². The molecule has 0 aliphatic carbocycles. The molecule has 152 valence electrons. The molecule has 0 saturated heterocycles. The first-order chi connectivity index (χ1) is 13.9. The second-order valence-corrected chi connectivity index (χ2v) is 7.76. The highest BCUT2D eigenvalue weighted by Gasteiger charge is 2.22. The maximum atomic E-state index is 13.3. The summed E-state index contributed by atoms with van der Waals surface area (Å²) in [6, 6.07) is 11.8. The number of carbonyl (C=O) groups is 1. The predicted octanol–water partition coefficient (Wildman–Crippen LogP) is 4.50. The summed E-state index contributed by atoms with van der Waals surface area (Å²) in [6.45, 7) is 9.22. The van der Waals surface area contributed by atoms with E-state index in [9.17, 15) is 14.9 Å². The molecule has 0 aliphatic heterocycles. The Hall–Kier alpha value is -2.84. The number of likely N-dealkylation sites (N-methyl/N-ethyl adjacent to an activating group) is 1. The van der Waals surface area contributed by atoms with Crippen LogP contribution in [0.15, 0.2) is 42.5 Å². The lowest BCUT2D eigenvalue weighted by atomic mass is 10.2. The molecule has 0 unspecified atom stereocenters. The molecule has 8 heteroatoms. The third-order valence-corrected chi connectivity index (χ3v) is 5.91. The van der Waals surface area contributed by atoms with Crippen molar-refractivity contribution >= 4 is 38.3 Å². The van der Waals surface area contributed by atoms with Crippen LogP contribution in [-0.2, 0) is 0 Å². The fourth-order valence-corrected chi connectivity index (χ4v) is 4.17. The standard InChI is InChI=1S/C21H24N4O3S/c1-4-23(5-2)12-13-24(20(26)16-7-9-17(10-8-16)25(27)28)21-22-18-11-6-15(3)14-19(18)29-21/h6-11,14H,4-5,12-13H2,1-3H3. The Labute approximate surface area is 173 Å². The SMILES string of the molecule is CCN(CC)CCN(C(=O)c1ccc([N+](=O)[O-])cc1)c1nc2ccc(C)cc2s1. The van der Waals surface area contributed by atoms with Crippen LogP contribution in [0, 0.1) is 17.0 Å². The van der Waals surface area contributed by atoms with Crippen molar-refractivity contribution in [1.29, 1.82) is 0 Å². The molecule has 0 radical (unpaired) electrons. The molecular weight excluding hydrogens is 388 g/mol. The number of aryl methyl sites for hydroxylation is 1. The summed E-state index contributed by atoms with van der Waals surface area (Å²) in [4.78, 5) is 32.3. The van der Waals surface area contributed by atoms with Crippen LogP contribution < -0.4 is 4.90 Å². The summed E-state index contributed by atoms with van der Waals surface area (Å²) >= 11 is 1.48. The minimum atomic E-state index is -0.470. The fraction of sp³-hybridized carbons (Fsp3) is 0.333. The number of amides is 1. The smallest absolute Gasteiger partial charge is 0.269 e. The number of hydrogen-bond acceptors (Lipinski definition) is 6. The summed E-state index contributed by atoms with van der Waals surface area (Å²) < 4.78 is 1.03. The number of aromatic nitrogens is 1. The van der Waals surface area contributed by atoms with Gasteiger partial charge in [0.25, 0.3) is 11.6 Å². The lowest BCUT2D eigenvalue weighted by Crippen LogP contribution is -2.38. The molecule has 1 aromatic heterocycles. The molecule has 3 aromatic rings. The van der Waals surface area contributed by atoms with E-state index in [0.29, 0.717) is 17.2 Å². The van der Waals surface area contributed by atoms with Crippen LogP contribution in [0.4, 0.5) is 10.8 Å². The monoisotopic (exact) mass is 412 g/mol. The van der Waals surface area contributed by atoms with Crippen LogP contribution in [0.25, 0.3) is 10.2 Å². The minimum Gasteiger partial charge on any atom is -0.302 e. The number of fused-ring (bicyclic) bond motifs is 1. The second-order valence-electron chi connectivity index (χ2n) is 6.76. The van der Waals surface area contributed by atoms with Crippen LogP contribution >= 0.6 is 11.3 Å². The zero-order chi connectivity index (χ0) is 21.0. The number of hydrogen-bond donors (Lipinski definition) is 0. The number of anilines is 1. The zero-order valence-electron chi connectivity index (χ0n) is 16.8. The van der Waals surface area contributed by atoms with E-state index in [4.69, 9.17) is 0 Å². The van der Waals surface area contributed by atoms with Crippen molar-refractivity contribution in [3.8, 4) is 0 Å². The highest BCUT2D eigenvalue weighted by Crippen LogP contribution is 2.30. The van der Waals surface area contributed by atoms with Crippen molar-refractivity contribution in [2.75, 3.05) is 31.1 Å². The fourth-order valence-electron chi connectivity index (χ4n) is 3.08. The highest BCUT2D eigenvalue weighted by atomic mass is 32.1. The van der Waals surface area contributed by atoms with Gasteiger partial charge in [0.15, 0.2) is 5.13 Å². The van der Waals surface area contributed by atoms with Gasteiger partial charge in [0.2, 0.25) is 0 Å². The molecule has 0 fully saturated rings. The van der Waals surface area contributed by atoms with Crippen molar-refractivity contribution in [2.24, 2.45) is 0 Å². The van der Waals surface area contributed by atoms with E-state index in [1.807, 2.05) is 19.1 Å². The van der Waals surface area contributed by atoms with Crippen molar-refractivity contribution in [3.63, 3.8) is 0 Å². The van der Waals surface area contributed by atoms with Gasteiger partial charge in [-0.3, -0.25) is 19.8 Å². The van der Waals surface area contributed by atoms with Gasteiger partial charge < -0.3 is 4.90 Å². The van der Waals surface area contributed by atoms with Crippen LogP contribution in [0.3, 0.4) is 0 Å². The maximum absolute atomic E-state index is 13.3. The predicted molar refractivity (Wildman–Crippen MR) is 117 cm³/mol. The Morgan fingerprint density at radius 1 is 1.10 bits per heavy atom. The number of thiazole rings is 1. The summed E-state index contributed by atoms with van der Waals surface area (Å²) in [6.07, 6.45) is 0. The van der Waals surface area contributed by atoms with Crippen LogP contribution in [-0.4, -0.2) is 46.9 Å². The Kier molecular flexibility index (Phi) is 6.56. The van der Waals surface area contributed by atoms with Gasteiger partial charge in [0.05, 0.1) is 15.1 Å². The molecule has 2 aromatic carbocycles. The molecule has 0 bridgehead atoms. The molecular formula is C21H24N4O3S. The quantitative estimate of drug-likeness (QED) is 0.402. The largest absolute Gasteiger partial charge is 0.302 e. The number of nitrogens with zero attached hydrogens (tertiary/aromatic N) is 4. The van der Waals surface area contributed by atoms with Crippen LogP contribution in [0.2, 0.25) is 0 Å². The van der Waals surface area contributed by atoms with E-state index in [0.717, 1.165) is 35.4 Å². The average Bonchev–Trinajstić information content (AvgIpc) is 3.13. The molecule has 29 heavy (non-hydrogen) atoms. The lowest BCUT2D eigenvalue weighted by Gasteiger charge is -2.24. The van der Waals surface area contributed by atoms with Gasteiger partial charge in [-0.15, -0.1) is 0 Å². The summed E-state index contributed by atoms with van der Waals surface area (Å²) in [5.41, 5.74) is 2.38. The summed E-state index contributed by atoms with van der Waals surface area (Å²) in [5, 5.41) is 11.5. The molecule has 0 spiro atoms. The van der Waals surface area contributed by atoms with Gasteiger partial charge in [-0.1, -0.05) is 31.3 Å². The molecule has 3 rings (SSSR count). The highest BCUT2D eigenvalue weighted by molar-refractivity contribution is 7.22. The van der Waals surface area contributed by atoms with E-state index in [1.165, 1.54) is 35.6 Å². The normalized spacial score (nSPS) is 11.2. The Bertz CT molecular complexity index is 1010. The average molecular weight is 413 g/mol. The third kappa shape index (κ3) is 4.78. The van der Waals surface area contributed by atoms with Crippen molar-refractivity contribution in [3.05, 3.63) is 63.7 Å². The van der Waals surface area contributed by atoms with Gasteiger partial charge in [-0.05, 0) is 49.8 Å². The van der Waals surface area contributed by atoms with E-state index in [2.05, 4.69) is 29.8 Å². The van der Waals surface area contributed by atoms with E-state index >= 15 is 0 Å². The van der Waals surface area contributed by atoms with Gasteiger partial charge in [-0.2, -0.15) is 0 Å². The Morgan fingerprint density at radius 3 is 2.41 bits per heavy atom. The maximum Gasteiger partial charge on any atom is 0.269 e. The van der Waals surface area contributed by atoms with Crippen LogP contribution in [0.5, 0.6) is 0 Å². The Balaban J connectivity index is 1.94. The molecule has 0 aliphatic rings. The van der Waals surface area contributed by atoms with E-state index < -0.39 is 4.92 Å². The Morgan fingerprint density at radius 2 is 1.79 bits per heavy atom. The third-order valence-electron chi connectivity index (χ3n) is 4.87. The molecule has 0 N–H and O–H groups in total.